The highest BCUT2D eigenvalue weighted by molar-refractivity contribution is 8.00. The monoisotopic (exact) mass is 272 g/mol. The lowest BCUT2D eigenvalue weighted by atomic mass is 9.88. The smallest absolute Gasteiger partial charge is 0.220 e. The molecule has 1 fully saturated rings. The summed E-state index contributed by atoms with van der Waals surface area (Å²) < 4.78 is 0.365. The Bertz CT molecular complexity index is 265. The molecule has 0 aliphatic heterocycles. The van der Waals surface area contributed by atoms with Gasteiger partial charge in [-0.25, -0.2) is 0 Å². The summed E-state index contributed by atoms with van der Waals surface area (Å²) >= 11 is 1.89. The first-order valence-electron chi connectivity index (χ1n) is 7.05. The van der Waals surface area contributed by atoms with Crippen molar-refractivity contribution in [3.8, 4) is 0 Å². The van der Waals surface area contributed by atoms with Gasteiger partial charge in [0, 0.05) is 17.7 Å². The van der Waals surface area contributed by atoms with E-state index in [0.717, 1.165) is 25.9 Å². The minimum Gasteiger partial charge on any atom is -0.355 e. The van der Waals surface area contributed by atoms with Crippen molar-refractivity contribution in [2.75, 3.05) is 19.3 Å². The molecule has 0 heterocycles. The van der Waals surface area contributed by atoms with Gasteiger partial charge >= 0.3 is 0 Å². The molecule has 0 aromatic heterocycles. The average molecular weight is 272 g/mol. The summed E-state index contributed by atoms with van der Waals surface area (Å²) in [7, 11) is 0. The maximum absolute atomic E-state index is 11.8. The SMILES string of the molecule is CSC1(CNC(=O)CCC(CCN)C(C)C)CC1. The summed E-state index contributed by atoms with van der Waals surface area (Å²) in [5.74, 6) is 1.40. The summed E-state index contributed by atoms with van der Waals surface area (Å²) in [5, 5.41) is 3.08. The van der Waals surface area contributed by atoms with Gasteiger partial charge in [-0.15, -0.1) is 0 Å². The molecule has 1 atom stereocenters. The molecule has 0 saturated heterocycles. The summed E-state index contributed by atoms with van der Waals surface area (Å²) in [6.07, 6.45) is 7.27. The maximum atomic E-state index is 11.8. The molecule has 1 aliphatic carbocycles. The molecule has 1 amide bonds. The molecule has 3 nitrogen and oxygen atoms in total. The van der Waals surface area contributed by atoms with E-state index in [-0.39, 0.29) is 5.91 Å². The number of hydrogen-bond acceptors (Lipinski definition) is 3. The molecule has 4 heteroatoms. The molecular formula is C14H28N2OS. The fraction of sp³-hybridized carbons (Fsp3) is 0.929. The average Bonchev–Trinajstić information content (AvgIpc) is 3.12. The molecule has 0 aromatic carbocycles. The van der Waals surface area contributed by atoms with E-state index in [0.29, 0.717) is 23.0 Å². The van der Waals surface area contributed by atoms with Crippen molar-refractivity contribution in [2.24, 2.45) is 17.6 Å². The Morgan fingerprint density at radius 3 is 2.50 bits per heavy atom. The van der Waals surface area contributed by atoms with Crippen LogP contribution in [0.2, 0.25) is 0 Å². The zero-order valence-electron chi connectivity index (χ0n) is 12.0. The molecule has 106 valence electrons. The van der Waals surface area contributed by atoms with Gasteiger partial charge < -0.3 is 11.1 Å². The number of amides is 1. The van der Waals surface area contributed by atoms with Gasteiger partial charge in [0.05, 0.1) is 0 Å². The van der Waals surface area contributed by atoms with Crippen LogP contribution in [0.4, 0.5) is 0 Å². The Hall–Kier alpha value is -0.220. The zero-order valence-corrected chi connectivity index (χ0v) is 12.8. The second-order valence-corrected chi connectivity index (χ2v) is 7.06. The third-order valence-corrected chi connectivity index (χ3v) is 5.49. The Kier molecular flexibility index (Phi) is 6.50. The molecule has 0 bridgehead atoms. The highest BCUT2D eigenvalue weighted by Gasteiger charge is 2.41. The predicted molar refractivity (Wildman–Crippen MR) is 79.7 cm³/mol. The maximum Gasteiger partial charge on any atom is 0.220 e. The Morgan fingerprint density at radius 1 is 1.39 bits per heavy atom. The third-order valence-electron chi connectivity index (χ3n) is 4.07. The number of carbonyl (C=O) groups excluding carboxylic acids is 1. The molecule has 1 unspecified atom stereocenters. The van der Waals surface area contributed by atoms with Crippen LogP contribution in [-0.2, 0) is 4.79 Å². The minimum absolute atomic E-state index is 0.206. The second-order valence-electron chi connectivity index (χ2n) is 5.78. The van der Waals surface area contributed by atoms with Crippen LogP contribution in [0.3, 0.4) is 0 Å². The van der Waals surface area contributed by atoms with E-state index in [2.05, 4.69) is 25.4 Å². The first-order valence-corrected chi connectivity index (χ1v) is 8.27. The van der Waals surface area contributed by atoms with Crippen molar-refractivity contribution in [1.82, 2.24) is 5.32 Å². The Balaban J connectivity index is 2.19. The van der Waals surface area contributed by atoms with Gasteiger partial charge in [0.2, 0.25) is 5.91 Å². The molecule has 1 aliphatic rings. The Labute approximate surface area is 116 Å². The lowest BCUT2D eigenvalue weighted by Crippen LogP contribution is -2.32. The Morgan fingerprint density at radius 2 is 2.06 bits per heavy atom. The van der Waals surface area contributed by atoms with Crippen LogP contribution in [-0.4, -0.2) is 30.0 Å². The highest BCUT2D eigenvalue weighted by Crippen LogP contribution is 2.46. The number of nitrogens with one attached hydrogen (secondary N) is 1. The standard InChI is InChI=1S/C14H28N2OS/c1-11(2)12(6-9-15)4-5-13(17)16-10-14(18-3)7-8-14/h11-12H,4-10,15H2,1-3H3,(H,16,17). The van der Waals surface area contributed by atoms with E-state index in [1.807, 2.05) is 11.8 Å². The first kappa shape index (κ1) is 15.8. The largest absolute Gasteiger partial charge is 0.355 e. The molecule has 0 radical (unpaired) electrons. The van der Waals surface area contributed by atoms with Crippen LogP contribution < -0.4 is 11.1 Å². The minimum atomic E-state index is 0.206. The van der Waals surface area contributed by atoms with E-state index >= 15 is 0 Å². The van der Waals surface area contributed by atoms with Crippen LogP contribution in [0.5, 0.6) is 0 Å². The van der Waals surface area contributed by atoms with Crippen molar-refractivity contribution in [1.29, 1.82) is 0 Å². The molecule has 1 rings (SSSR count). The number of nitrogens with two attached hydrogens (primary N) is 1. The number of thioether (sulfide) groups is 1. The normalized spacial score (nSPS) is 18.7. The van der Waals surface area contributed by atoms with Gasteiger partial charge in [-0.05, 0) is 50.3 Å². The summed E-state index contributed by atoms with van der Waals surface area (Å²) in [4.78, 5) is 11.8. The van der Waals surface area contributed by atoms with Gasteiger partial charge in [-0.1, -0.05) is 13.8 Å². The van der Waals surface area contributed by atoms with E-state index in [9.17, 15) is 4.79 Å². The van der Waals surface area contributed by atoms with E-state index in [1.165, 1.54) is 12.8 Å². The van der Waals surface area contributed by atoms with Crippen LogP contribution in [0, 0.1) is 11.8 Å². The molecule has 0 spiro atoms. The van der Waals surface area contributed by atoms with Crippen molar-refractivity contribution in [2.45, 2.75) is 50.7 Å². The van der Waals surface area contributed by atoms with Gasteiger partial charge in [0.1, 0.15) is 0 Å². The van der Waals surface area contributed by atoms with Gasteiger partial charge in [0.15, 0.2) is 0 Å². The first-order chi connectivity index (χ1) is 8.53. The quantitative estimate of drug-likeness (QED) is 0.677. The topological polar surface area (TPSA) is 55.1 Å². The van der Waals surface area contributed by atoms with E-state index < -0.39 is 0 Å². The summed E-state index contributed by atoms with van der Waals surface area (Å²) in [6.45, 7) is 5.99. The lowest BCUT2D eigenvalue weighted by Gasteiger charge is -2.20. The number of carbonyl (C=O) groups is 1. The van der Waals surface area contributed by atoms with Crippen molar-refractivity contribution < 1.29 is 4.79 Å². The molecule has 1 saturated carbocycles. The second kappa shape index (κ2) is 7.39. The zero-order chi connectivity index (χ0) is 13.6. The van der Waals surface area contributed by atoms with Crippen molar-refractivity contribution in [3.05, 3.63) is 0 Å². The summed E-state index contributed by atoms with van der Waals surface area (Å²) in [5.41, 5.74) is 5.61. The molecular weight excluding hydrogens is 244 g/mol. The molecule has 3 N–H and O–H groups in total. The number of rotatable bonds is 9. The van der Waals surface area contributed by atoms with Crippen LogP contribution in [0.15, 0.2) is 0 Å². The van der Waals surface area contributed by atoms with Crippen LogP contribution >= 0.6 is 11.8 Å². The fourth-order valence-electron chi connectivity index (χ4n) is 2.28. The van der Waals surface area contributed by atoms with Crippen molar-refractivity contribution in [3.63, 3.8) is 0 Å². The number of hydrogen-bond donors (Lipinski definition) is 2. The molecule has 0 aromatic rings. The highest BCUT2D eigenvalue weighted by atomic mass is 32.2. The molecule has 18 heavy (non-hydrogen) atoms. The third kappa shape index (κ3) is 5.19. The van der Waals surface area contributed by atoms with Crippen LogP contribution in [0.1, 0.15) is 46.0 Å². The fourth-order valence-corrected chi connectivity index (χ4v) is 3.01. The predicted octanol–water partition coefficient (Wildman–Crippen LogP) is 2.40. The van der Waals surface area contributed by atoms with E-state index in [4.69, 9.17) is 5.73 Å². The van der Waals surface area contributed by atoms with Gasteiger partial charge in [-0.3, -0.25) is 4.79 Å². The summed E-state index contributed by atoms with van der Waals surface area (Å²) in [6, 6.07) is 0. The van der Waals surface area contributed by atoms with Gasteiger partial charge in [-0.2, -0.15) is 11.8 Å². The van der Waals surface area contributed by atoms with Crippen LogP contribution in [0.25, 0.3) is 0 Å². The van der Waals surface area contributed by atoms with E-state index in [1.54, 1.807) is 0 Å². The lowest BCUT2D eigenvalue weighted by molar-refractivity contribution is -0.121. The van der Waals surface area contributed by atoms with Crippen molar-refractivity contribution >= 4 is 17.7 Å². The van der Waals surface area contributed by atoms with Gasteiger partial charge in [0.25, 0.3) is 0 Å².